The van der Waals surface area contributed by atoms with Crippen LogP contribution in [0.1, 0.15) is 0 Å². The van der Waals surface area contributed by atoms with Gasteiger partial charge in [0.15, 0.2) is 0 Å². The highest BCUT2D eigenvalue weighted by Crippen LogP contribution is 2.28. The van der Waals surface area contributed by atoms with Gasteiger partial charge in [0.2, 0.25) is 5.91 Å². The molecule has 1 aromatic heterocycles. The summed E-state index contributed by atoms with van der Waals surface area (Å²) in [6.07, 6.45) is 0. The van der Waals surface area contributed by atoms with Crippen LogP contribution in [0.5, 0.6) is 0 Å². The lowest BCUT2D eigenvalue weighted by atomic mass is 10.1. The summed E-state index contributed by atoms with van der Waals surface area (Å²) in [7, 11) is 3.47. The van der Waals surface area contributed by atoms with E-state index in [4.69, 9.17) is 0 Å². The zero-order valence-electron chi connectivity index (χ0n) is 15.1. The molecule has 0 bridgehead atoms. The Balaban J connectivity index is 1.50. The van der Waals surface area contributed by atoms with Gasteiger partial charge in [0.1, 0.15) is 0 Å². The number of aromatic nitrogens is 2. The van der Waals surface area contributed by atoms with Crippen LogP contribution in [-0.2, 0) is 18.9 Å². The van der Waals surface area contributed by atoms with E-state index in [1.165, 1.54) is 17.1 Å². The van der Waals surface area contributed by atoms with Crippen LogP contribution in [0.2, 0.25) is 0 Å². The number of thioether (sulfide) groups is 1. The van der Waals surface area contributed by atoms with Gasteiger partial charge in [-0.05, 0) is 35.0 Å². The minimum absolute atomic E-state index is 0.0757. The highest BCUT2D eigenvalue weighted by molar-refractivity contribution is 8.00. The second-order valence-corrected chi connectivity index (χ2v) is 7.44. The second-order valence-electron chi connectivity index (χ2n) is 6.42. The summed E-state index contributed by atoms with van der Waals surface area (Å²) >= 11 is 1.52. The van der Waals surface area contributed by atoms with Gasteiger partial charge >= 0.3 is 5.69 Å². The third-order valence-electron chi connectivity index (χ3n) is 4.66. The lowest BCUT2D eigenvalue weighted by Gasteiger charge is -2.08. The Bertz CT molecular complexity index is 1220. The number of nitrogens with zero attached hydrogens (tertiary/aromatic N) is 2. The van der Waals surface area contributed by atoms with Gasteiger partial charge in [-0.15, -0.1) is 11.8 Å². The number of aryl methyl sites for hydroxylation is 2. The summed E-state index contributed by atoms with van der Waals surface area (Å²) in [4.78, 5) is 25.5. The van der Waals surface area contributed by atoms with E-state index in [2.05, 4.69) is 23.5 Å². The first-order valence-electron chi connectivity index (χ1n) is 8.60. The van der Waals surface area contributed by atoms with E-state index < -0.39 is 0 Å². The first-order chi connectivity index (χ1) is 13.0. The first-order valence-corrected chi connectivity index (χ1v) is 9.59. The topological polar surface area (TPSA) is 56.0 Å². The molecule has 0 aliphatic rings. The third kappa shape index (κ3) is 3.24. The molecule has 0 spiro atoms. The monoisotopic (exact) mass is 377 g/mol. The lowest BCUT2D eigenvalue weighted by molar-refractivity contribution is -0.113. The van der Waals surface area contributed by atoms with E-state index in [-0.39, 0.29) is 11.6 Å². The Kier molecular flexibility index (Phi) is 4.49. The highest BCUT2D eigenvalue weighted by atomic mass is 32.2. The molecule has 4 rings (SSSR count). The Morgan fingerprint density at radius 2 is 1.70 bits per heavy atom. The van der Waals surface area contributed by atoms with Crippen LogP contribution in [0.15, 0.2) is 70.4 Å². The summed E-state index contributed by atoms with van der Waals surface area (Å²) < 4.78 is 3.17. The lowest BCUT2D eigenvalue weighted by Crippen LogP contribution is -2.19. The van der Waals surface area contributed by atoms with Crippen LogP contribution >= 0.6 is 11.8 Å². The molecule has 6 heteroatoms. The molecule has 136 valence electrons. The van der Waals surface area contributed by atoms with Crippen molar-refractivity contribution in [2.24, 2.45) is 14.1 Å². The van der Waals surface area contributed by atoms with E-state index >= 15 is 0 Å². The summed E-state index contributed by atoms with van der Waals surface area (Å²) in [5, 5.41) is 5.24. The molecule has 1 amide bonds. The van der Waals surface area contributed by atoms with Crippen molar-refractivity contribution in [2.45, 2.75) is 4.90 Å². The Morgan fingerprint density at radius 3 is 2.56 bits per heavy atom. The van der Waals surface area contributed by atoms with Crippen molar-refractivity contribution < 1.29 is 4.79 Å². The third-order valence-corrected chi connectivity index (χ3v) is 5.74. The highest BCUT2D eigenvalue weighted by Gasteiger charge is 2.10. The number of amides is 1. The van der Waals surface area contributed by atoms with Crippen molar-refractivity contribution in [3.05, 3.63) is 71.1 Å². The van der Waals surface area contributed by atoms with E-state index in [1.807, 2.05) is 42.5 Å². The molecule has 0 unspecified atom stereocenters. The van der Waals surface area contributed by atoms with Crippen LogP contribution in [0.25, 0.3) is 21.8 Å². The number of fused-ring (bicyclic) bond motifs is 2. The number of imidazole rings is 1. The fraction of sp³-hybridized carbons (Fsp3) is 0.143. The standard InChI is InChI=1S/C21H19N3O2S/c1-23-17-11-10-15(12-18(17)24(2)21(23)26)22-20(25)13-27-19-9-5-7-14-6-3-4-8-16(14)19/h3-12H,13H2,1-2H3,(H,22,25). The van der Waals surface area contributed by atoms with Crippen molar-refractivity contribution in [1.82, 2.24) is 9.13 Å². The largest absolute Gasteiger partial charge is 0.328 e. The molecule has 0 atom stereocenters. The molecule has 1 N–H and O–H groups in total. The van der Waals surface area contributed by atoms with Crippen LogP contribution in [-0.4, -0.2) is 20.8 Å². The Labute approximate surface area is 160 Å². The Morgan fingerprint density at radius 1 is 0.963 bits per heavy atom. The zero-order valence-corrected chi connectivity index (χ0v) is 15.9. The fourth-order valence-electron chi connectivity index (χ4n) is 3.25. The number of carbonyl (C=O) groups is 1. The van der Waals surface area contributed by atoms with Gasteiger partial charge in [0.25, 0.3) is 0 Å². The minimum Gasteiger partial charge on any atom is -0.325 e. The van der Waals surface area contributed by atoms with Gasteiger partial charge in [-0.2, -0.15) is 0 Å². The maximum Gasteiger partial charge on any atom is 0.328 e. The van der Waals surface area contributed by atoms with E-state index in [0.717, 1.165) is 21.3 Å². The Hall–Kier alpha value is -2.99. The number of anilines is 1. The van der Waals surface area contributed by atoms with Crippen molar-refractivity contribution in [3.63, 3.8) is 0 Å². The predicted octanol–water partition coefficient (Wildman–Crippen LogP) is 3.76. The number of rotatable bonds is 4. The van der Waals surface area contributed by atoms with Gasteiger partial charge < -0.3 is 5.32 Å². The molecule has 0 aliphatic heterocycles. The molecule has 5 nitrogen and oxygen atoms in total. The fourth-order valence-corrected chi connectivity index (χ4v) is 4.12. The number of nitrogens with one attached hydrogen (secondary N) is 1. The van der Waals surface area contributed by atoms with Crippen molar-refractivity contribution in [3.8, 4) is 0 Å². The van der Waals surface area contributed by atoms with Gasteiger partial charge in [0, 0.05) is 24.7 Å². The molecule has 3 aromatic carbocycles. The van der Waals surface area contributed by atoms with E-state index in [0.29, 0.717) is 11.4 Å². The molecular weight excluding hydrogens is 358 g/mol. The van der Waals surface area contributed by atoms with Crippen molar-refractivity contribution >= 4 is 45.2 Å². The quantitative estimate of drug-likeness (QED) is 0.551. The minimum atomic E-state index is -0.0833. The van der Waals surface area contributed by atoms with Crippen LogP contribution in [0.3, 0.4) is 0 Å². The SMILES string of the molecule is Cn1c(=O)n(C)c2cc(NC(=O)CSc3cccc4ccccc34)ccc21. The second kappa shape index (κ2) is 6.96. The van der Waals surface area contributed by atoms with Crippen LogP contribution < -0.4 is 11.0 Å². The molecule has 0 saturated heterocycles. The van der Waals surface area contributed by atoms with Crippen LogP contribution in [0.4, 0.5) is 5.69 Å². The summed E-state index contributed by atoms with van der Waals surface area (Å²) in [5.41, 5.74) is 2.24. The van der Waals surface area contributed by atoms with Gasteiger partial charge in [-0.1, -0.05) is 36.4 Å². The molecule has 0 saturated carbocycles. The van der Waals surface area contributed by atoms with Crippen LogP contribution in [0, 0.1) is 0 Å². The summed E-state index contributed by atoms with van der Waals surface area (Å²) in [5.74, 6) is 0.243. The number of carbonyl (C=O) groups excluding carboxylic acids is 1. The summed E-state index contributed by atoms with van der Waals surface area (Å²) in [6, 6.07) is 19.8. The molecule has 4 aromatic rings. The van der Waals surface area contributed by atoms with Gasteiger partial charge in [0.05, 0.1) is 16.8 Å². The summed E-state index contributed by atoms with van der Waals surface area (Å²) in [6.45, 7) is 0. The van der Waals surface area contributed by atoms with Crippen molar-refractivity contribution in [1.29, 1.82) is 0 Å². The normalized spacial score (nSPS) is 11.2. The molecule has 0 fully saturated rings. The number of hydrogen-bond acceptors (Lipinski definition) is 3. The maximum absolute atomic E-state index is 12.4. The number of hydrogen-bond donors (Lipinski definition) is 1. The smallest absolute Gasteiger partial charge is 0.325 e. The van der Waals surface area contributed by atoms with Gasteiger partial charge in [-0.25, -0.2) is 4.79 Å². The first kappa shape index (κ1) is 17.4. The molecule has 27 heavy (non-hydrogen) atoms. The zero-order chi connectivity index (χ0) is 19.0. The van der Waals surface area contributed by atoms with Gasteiger partial charge in [-0.3, -0.25) is 13.9 Å². The number of benzene rings is 3. The van der Waals surface area contributed by atoms with E-state index in [1.54, 1.807) is 23.2 Å². The molecule has 0 radical (unpaired) electrons. The average Bonchev–Trinajstić information content (AvgIpc) is 2.90. The molecule has 0 aliphatic carbocycles. The average molecular weight is 377 g/mol. The van der Waals surface area contributed by atoms with Crippen molar-refractivity contribution in [2.75, 3.05) is 11.1 Å². The molecule has 1 heterocycles. The van der Waals surface area contributed by atoms with E-state index in [9.17, 15) is 9.59 Å². The maximum atomic E-state index is 12.4. The molecular formula is C21H19N3O2S. The predicted molar refractivity (Wildman–Crippen MR) is 111 cm³/mol.